The molecule has 0 amide bonds. The highest BCUT2D eigenvalue weighted by Gasteiger charge is 2.58. The molecule has 0 fully saturated rings. The Kier molecular flexibility index (Phi) is 4.11. The van der Waals surface area contributed by atoms with Crippen LogP contribution in [0.3, 0.4) is 0 Å². The lowest BCUT2D eigenvalue weighted by Gasteiger charge is -2.47. The van der Waals surface area contributed by atoms with Crippen LogP contribution in [0.5, 0.6) is 0 Å². The Hall–Kier alpha value is -3.78. The van der Waals surface area contributed by atoms with Crippen molar-refractivity contribution in [1.82, 2.24) is 9.80 Å². The zero-order valence-corrected chi connectivity index (χ0v) is 19.6. The molecule has 0 aliphatic carbocycles. The van der Waals surface area contributed by atoms with E-state index in [0.717, 1.165) is 6.54 Å². The van der Waals surface area contributed by atoms with E-state index in [2.05, 4.69) is 133 Å². The first-order chi connectivity index (χ1) is 16.7. The monoisotopic (exact) mass is 440 g/mol. The van der Waals surface area contributed by atoms with E-state index in [1.807, 2.05) is 0 Å². The number of hydrogen-bond donors (Lipinski definition) is 0. The van der Waals surface area contributed by atoms with Gasteiger partial charge < -0.3 is 9.80 Å². The first kappa shape index (κ1) is 19.7. The lowest BCUT2D eigenvalue weighted by atomic mass is 9.88. The summed E-state index contributed by atoms with van der Waals surface area (Å²) in [5, 5.41) is 0. The van der Waals surface area contributed by atoms with E-state index < -0.39 is 0 Å². The zero-order valence-electron chi connectivity index (χ0n) is 19.6. The van der Waals surface area contributed by atoms with Crippen LogP contribution < -0.4 is 0 Å². The molecule has 1 unspecified atom stereocenters. The van der Waals surface area contributed by atoms with Crippen LogP contribution in [-0.4, -0.2) is 16.3 Å². The van der Waals surface area contributed by atoms with E-state index in [4.69, 9.17) is 0 Å². The Balaban J connectivity index is 1.52. The van der Waals surface area contributed by atoms with Crippen LogP contribution in [0.15, 0.2) is 115 Å². The molecule has 0 saturated heterocycles. The molecule has 2 nitrogen and oxygen atoms in total. The molecule has 0 saturated carbocycles. The lowest BCUT2D eigenvalue weighted by molar-refractivity contribution is 0.0619. The Morgan fingerprint density at radius 1 is 0.853 bits per heavy atom. The normalized spacial score (nSPS) is 23.6. The summed E-state index contributed by atoms with van der Waals surface area (Å²) in [7, 11) is 0. The summed E-state index contributed by atoms with van der Waals surface area (Å²) in [6.45, 7) is 5.50. The van der Waals surface area contributed by atoms with Crippen LogP contribution in [0.1, 0.15) is 42.1 Å². The molecule has 0 N–H and O–H groups in total. The van der Waals surface area contributed by atoms with Crippen molar-refractivity contribution in [2.24, 2.45) is 5.92 Å². The lowest BCUT2D eigenvalue weighted by Crippen LogP contribution is -2.51. The molecule has 0 bridgehead atoms. The predicted octanol–water partition coefficient (Wildman–Crippen LogP) is 7.25. The minimum absolute atomic E-state index is 0.248. The van der Waals surface area contributed by atoms with Crippen molar-refractivity contribution in [1.29, 1.82) is 0 Å². The third-order valence-corrected chi connectivity index (χ3v) is 7.92. The fourth-order valence-corrected chi connectivity index (χ4v) is 6.38. The quantitative estimate of drug-likeness (QED) is 0.414. The smallest absolute Gasteiger partial charge is 0.168 e. The third kappa shape index (κ3) is 2.46. The van der Waals surface area contributed by atoms with Gasteiger partial charge in [0, 0.05) is 35.1 Å². The molecule has 4 aliphatic rings. The van der Waals surface area contributed by atoms with Crippen LogP contribution in [0.2, 0.25) is 0 Å². The van der Waals surface area contributed by atoms with Crippen molar-refractivity contribution < 1.29 is 0 Å². The number of fused-ring (bicyclic) bond motifs is 10. The largest absolute Gasteiger partial charge is 0.337 e. The van der Waals surface area contributed by atoms with Crippen molar-refractivity contribution in [2.75, 3.05) is 6.54 Å². The van der Waals surface area contributed by atoms with E-state index in [1.165, 1.54) is 44.7 Å². The molecule has 0 radical (unpaired) electrons. The van der Waals surface area contributed by atoms with E-state index in [-0.39, 0.29) is 11.7 Å². The second kappa shape index (κ2) is 7.11. The minimum atomic E-state index is -0.335. The van der Waals surface area contributed by atoms with Gasteiger partial charge in [0.05, 0.1) is 6.04 Å². The number of allylic oxidation sites excluding steroid dienone is 4. The Labute approximate surface area is 201 Å². The van der Waals surface area contributed by atoms with Gasteiger partial charge in [0.1, 0.15) is 0 Å². The van der Waals surface area contributed by atoms with Gasteiger partial charge in [-0.1, -0.05) is 98.8 Å². The first-order valence-electron chi connectivity index (χ1n) is 12.3. The summed E-state index contributed by atoms with van der Waals surface area (Å²) in [5.74, 6) is 0.508. The summed E-state index contributed by atoms with van der Waals surface area (Å²) in [6, 6.07) is 27.1. The van der Waals surface area contributed by atoms with Crippen LogP contribution >= 0.6 is 0 Å². The summed E-state index contributed by atoms with van der Waals surface area (Å²) in [5.41, 5.74) is 10.5. The molecule has 166 valence electrons. The molecule has 4 aliphatic heterocycles. The summed E-state index contributed by atoms with van der Waals surface area (Å²) < 4.78 is 0. The van der Waals surface area contributed by atoms with Crippen molar-refractivity contribution >= 4 is 5.70 Å². The summed E-state index contributed by atoms with van der Waals surface area (Å²) >= 11 is 0. The first-order valence-corrected chi connectivity index (χ1v) is 12.3. The average molecular weight is 441 g/mol. The molecular weight excluding hydrogens is 412 g/mol. The second-order valence-corrected chi connectivity index (χ2v) is 9.96. The Morgan fingerprint density at radius 2 is 1.68 bits per heavy atom. The highest BCUT2D eigenvalue weighted by atomic mass is 15.4. The molecule has 4 heterocycles. The number of rotatable bonds is 2. The van der Waals surface area contributed by atoms with Crippen LogP contribution in [0, 0.1) is 5.92 Å². The summed E-state index contributed by atoms with van der Waals surface area (Å²) in [6.07, 6.45) is 13.9. The fourth-order valence-electron chi connectivity index (χ4n) is 6.38. The zero-order chi connectivity index (χ0) is 22.9. The van der Waals surface area contributed by atoms with E-state index in [0.29, 0.717) is 5.92 Å². The Bertz CT molecular complexity index is 1420. The minimum Gasteiger partial charge on any atom is -0.337 e. The number of nitrogens with zero attached hydrogens (tertiary/aromatic N) is 2. The summed E-state index contributed by atoms with van der Waals surface area (Å²) in [4.78, 5) is 5.22. The van der Waals surface area contributed by atoms with Crippen molar-refractivity contribution in [3.8, 4) is 11.1 Å². The second-order valence-electron chi connectivity index (χ2n) is 9.96. The van der Waals surface area contributed by atoms with E-state index >= 15 is 0 Å². The van der Waals surface area contributed by atoms with Crippen molar-refractivity contribution in [3.63, 3.8) is 0 Å². The number of benzene rings is 3. The van der Waals surface area contributed by atoms with Gasteiger partial charge in [0.25, 0.3) is 0 Å². The molecule has 0 aromatic heterocycles. The van der Waals surface area contributed by atoms with Crippen molar-refractivity contribution in [3.05, 3.63) is 137 Å². The van der Waals surface area contributed by atoms with Crippen molar-refractivity contribution in [2.45, 2.75) is 25.6 Å². The molecule has 1 spiro atoms. The molecule has 3 aromatic rings. The van der Waals surface area contributed by atoms with E-state index in [1.54, 1.807) is 0 Å². The number of hydrogen-bond acceptors (Lipinski definition) is 2. The van der Waals surface area contributed by atoms with Gasteiger partial charge in [-0.25, -0.2) is 0 Å². The third-order valence-electron chi connectivity index (χ3n) is 7.92. The van der Waals surface area contributed by atoms with Gasteiger partial charge in [0.15, 0.2) is 5.66 Å². The Morgan fingerprint density at radius 3 is 2.53 bits per heavy atom. The maximum atomic E-state index is 2.64. The highest BCUT2D eigenvalue weighted by molar-refractivity contribution is 5.83. The molecule has 2 heteroatoms. The molecule has 3 aromatic carbocycles. The predicted molar refractivity (Wildman–Crippen MR) is 140 cm³/mol. The van der Waals surface area contributed by atoms with E-state index in [9.17, 15) is 0 Å². The van der Waals surface area contributed by atoms with Crippen LogP contribution in [0.25, 0.3) is 16.8 Å². The van der Waals surface area contributed by atoms with Gasteiger partial charge in [0.2, 0.25) is 0 Å². The van der Waals surface area contributed by atoms with Crippen LogP contribution in [0.4, 0.5) is 0 Å². The standard InChI is InChI=1S/C32H28N2/c1-22(2)24-17-19-34-31(21-24)27-20-25(23-10-4-3-5-11-23)15-16-29(27)32(34)28-13-7-6-12-26(28)30-14-8-9-18-33(30)32/h3-18,20-22,30H,19H2,1-2H3/t30?,32-/m0/s1. The fraction of sp³-hybridized carbons (Fsp3) is 0.188. The highest BCUT2D eigenvalue weighted by Crippen LogP contribution is 2.61. The molecule has 2 atom stereocenters. The topological polar surface area (TPSA) is 6.48 Å². The molecular formula is C32H28N2. The maximum absolute atomic E-state index is 2.64. The van der Waals surface area contributed by atoms with Gasteiger partial charge in [-0.3, -0.25) is 0 Å². The van der Waals surface area contributed by atoms with Gasteiger partial charge in [-0.15, -0.1) is 0 Å². The molecule has 34 heavy (non-hydrogen) atoms. The van der Waals surface area contributed by atoms with Gasteiger partial charge in [-0.05, 0) is 46.4 Å². The average Bonchev–Trinajstić information content (AvgIpc) is 3.35. The van der Waals surface area contributed by atoms with Crippen LogP contribution in [-0.2, 0) is 5.66 Å². The van der Waals surface area contributed by atoms with Gasteiger partial charge >= 0.3 is 0 Å². The SMILES string of the molecule is CC(C)C1=CCN2C(=C1)c1cc(-c3ccccc3)ccc1[C@]21c2ccccc2C2C=CC=CN21. The molecule has 7 rings (SSSR count). The van der Waals surface area contributed by atoms with Gasteiger partial charge in [-0.2, -0.15) is 0 Å². The maximum Gasteiger partial charge on any atom is 0.168 e.